The van der Waals surface area contributed by atoms with Crippen LogP contribution in [0.15, 0.2) is 65.1 Å². The molecule has 0 aromatic heterocycles. The number of carboxylic acid groups (broad SMARTS) is 2. The molecule has 1 amide bonds. The van der Waals surface area contributed by atoms with Crippen LogP contribution in [0, 0.1) is 0 Å². The molecule has 0 radical (unpaired) electrons. The third-order valence-electron chi connectivity index (χ3n) is 8.82. The molecular weight excluding hydrogens is 807 g/mol. The topological polar surface area (TPSA) is 200 Å². The van der Waals surface area contributed by atoms with Crippen molar-refractivity contribution in [3.05, 3.63) is 71.6 Å². The van der Waals surface area contributed by atoms with E-state index in [9.17, 15) is 19.5 Å². The van der Waals surface area contributed by atoms with E-state index >= 15 is 0 Å². The maximum absolute atomic E-state index is 11.8. The molecule has 1 aliphatic carbocycles. The van der Waals surface area contributed by atoms with Gasteiger partial charge in [0.1, 0.15) is 25.4 Å². The molecule has 17 heteroatoms. The van der Waals surface area contributed by atoms with Gasteiger partial charge in [-0.2, -0.15) is 0 Å². The van der Waals surface area contributed by atoms with E-state index in [-0.39, 0.29) is 24.5 Å². The van der Waals surface area contributed by atoms with Crippen LogP contribution in [0.4, 0.5) is 5.69 Å². The Morgan fingerprint density at radius 3 is 1.63 bits per heavy atom. The van der Waals surface area contributed by atoms with Gasteiger partial charge < -0.3 is 67.5 Å². The van der Waals surface area contributed by atoms with Gasteiger partial charge in [-0.15, -0.1) is 0 Å². The average Bonchev–Trinajstić information content (AvgIpc) is 3.24. The molecule has 0 bridgehead atoms. The largest absolute Gasteiger partial charge is 0.545 e. The van der Waals surface area contributed by atoms with E-state index in [0.717, 1.165) is 27.6 Å². The summed E-state index contributed by atoms with van der Waals surface area (Å²) in [7, 11) is 7.88. The van der Waals surface area contributed by atoms with E-state index in [1.165, 1.54) is 6.92 Å². The summed E-state index contributed by atoms with van der Waals surface area (Å²) in [6.07, 6.45) is -0.000924. The van der Waals surface area contributed by atoms with Gasteiger partial charge in [-0.1, -0.05) is 24.3 Å². The number of hydrogen-bond donors (Lipinski definition) is 2. The monoisotopic (exact) mass is 869 g/mol. The van der Waals surface area contributed by atoms with E-state index in [4.69, 9.17) is 47.4 Å². The van der Waals surface area contributed by atoms with Crippen LogP contribution in [0.2, 0.25) is 0 Å². The number of carbonyl (C=O) groups is 3. The fraction of sp³-hybridized carbons (Fsp3) is 0.511. The van der Waals surface area contributed by atoms with Crippen molar-refractivity contribution in [1.82, 2.24) is 9.89 Å². The molecule has 2 N–H and O–H groups in total. The van der Waals surface area contributed by atoms with Crippen LogP contribution >= 0.6 is 0 Å². The highest BCUT2D eigenvalue weighted by Gasteiger charge is 2.20. The van der Waals surface area contributed by atoms with Crippen LogP contribution in [0.5, 0.6) is 0 Å². The maximum atomic E-state index is 11.8. The van der Waals surface area contributed by atoms with Crippen molar-refractivity contribution < 1.29 is 66.9 Å². The molecule has 4 rings (SSSR count). The molecule has 0 saturated carbocycles. The van der Waals surface area contributed by atoms with Gasteiger partial charge in [0.05, 0.1) is 124 Å². The second-order valence-electron chi connectivity index (χ2n) is 14.0. The Labute approximate surface area is 363 Å². The molecular formula is C45H63N3O14. The first-order valence-corrected chi connectivity index (χ1v) is 20.6. The first kappa shape index (κ1) is 51.4. The van der Waals surface area contributed by atoms with Gasteiger partial charge in [-0.05, 0) is 23.8 Å². The van der Waals surface area contributed by atoms with Crippen LogP contribution in [-0.2, 0) is 47.5 Å². The molecule has 0 spiro atoms. The minimum atomic E-state index is -1.20. The van der Waals surface area contributed by atoms with E-state index < -0.39 is 11.9 Å². The Hall–Kier alpha value is -4.98. The van der Waals surface area contributed by atoms with Crippen LogP contribution in [0.1, 0.15) is 23.7 Å². The third kappa shape index (κ3) is 19.8. The van der Waals surface area contributed by atoms with E-state index in [2.05, 4.69) is 5.32 Å². The van der Waals surface area contributed by atoms with Crippen molar-refractivity contribution in [2.24, 2.45) is 0 Å². The molecule has 0 unspecified atom stereocenters. The van der Waals surface area contributed by atoms with Crippen molar-refractivity contribution >= 4 is 34.5 Å². The van der Waals surface area contributed by atoms with Crippen molar-refractivity contribution in [2.45, 2.75) is 13.3 Å². The number of carboxylic acids is 2. The second-order valence-corrected chi connectivity index (χ2v) is 14.0. The molecule has 1 heterocycles. The first-order chi connectivity index (χ1) is 30.0. The summed E-state index contributed by atoms with van der Waals surface area (Å²) in [4.78, 5) is 34.7. The lowest BCUT2D eigenvalue weighted by Gasteiger charge is -2.19. The summed E-state index contributed by atoms with van der Waals surface area (Å²) >= 11 is 0. The summed E-state index contributed by atoms with van der Waals surface area (Å²) in [6, 6.07) is 18.9. The van der Waals surface area contributed by atoms with Crippen LogP contribution < -0.4 is 25.3 Å². The summed E-state index contributed by atoms with van der Waals surface area (Å²) in [5, 5.41) is 24.8. The van der Waals surface area contributed by atoms with Crippen molar-refractivity contribution in [1.29, 1.82) is 0 Å². The zero-order chi connectivity index (χ0) is 45.0. The van der Waals surface area contributed by atoms with Gasteiger partial charge in [0.25, 0.3) is 0 Å². The highest BCUT2D eigenvalue weighted by Crippen LogP contribution is 2.41. The van der Waals surface area contributed by atoms with Gasteiger partial charge in [0.15, 0.2) is 0 Å². The van der Waals surface area contributed by atoms with Gasteiger partial charge >= 0.3 is 5.97 Å². The molecule has 2 aromatic carbocycles. The van der Waals surface area contributed by atoms with E-state index in [1.54, 1.807) is 12.1 Å². The van der Waals surface area contributed by atoms with Crippen molar-refractivity contribution in [3.8, 4) is 22.5 Å². The van der Waals surface area contributed by atoms with Gasteiger partial charge in [-0.3, -0.25) is 9.59 Å². The highest BCUT2D eigenvalue weighted by molar-refractivity contribution is 6.07. The standard InChI is InChI=1S/C24H22N2O3.C21H41NO11/c1-25(2)15-9-11-19-21(13-15)29-22-14-16(26(3)4)10-12-20(22)23(19)17-7-5-6-8-18(17)24(27)28;1-20(23)22-3-5-27-7-9-29-11-13-31-15-17-33-19-18-32-16-14-30-12-10-28-8-6-26-4-2-21(24)25/h5-14H,1-4H3;2-19H2,1H3,(H,22,23)(H,24,25). The Morgan fingerprint density at radius 2 is 1.16 bits per heavy atom. The molecule has 0 saturated heterocycles. The summed E-state index contributed by atoms with van der Waals surface area (Å²) in [6.45, 7) is 9.17. The number of hydrogen-bond acceptors (Lipinski definition) is 14. The Morgan fingerprint density at radius 1 is 0.661 bits per heavy atom. The second kappa shape index (κ2) is 30.1. The number of benzene rings is 3. The maximum Gasteiger partial charge on any atom is 0.305 e. The number of amides is 1. The average molecular weight is 870 g/mol. The molecule has 0 atom stereocenters. The molecule has 1 aliphatic heterocycles. The Balaban J connectivity index is 0.000000332. The zero-order valence-corrected chi connectivity index (χ0v) is 36.7. The zero-order valence-electron chi connectivity index (χ0n) is 36.7. The molecule has 2 aliphatic rings. The van der Waals surface area contributed by atoms with Crippen LogP contribution in [0.3, 0.4) is 0 Å². The lowest BCUT2D eigenvalue weighted by molar-refractivity contribution is -0.255. The molecule has 2 aromatic rings. The predicted molar refractivity (Wildman–Crippen MR) is 232 cm³/mol. The number of ether oxygens (including phenoxy) is 8. The van der Waals surface area contributed by atoms with Gasteiger partial charge in [0.2, 0.25) is 11.3 Å². The first-order valence-electron chi connectivity index (χ1n) is 20.6. The number of anilines is 1. The number of aromatic carboxylic acids is 1. The van der Waals surface area contributed by atoms with Crippen molar-refractivity contribution in [2.75, 3.05) is 145 Å². The SMILES string of the molecule is CC(=O)NCCOCCOCCOCCOCCOCCOCCOCCOCCC(=O)O.CN(C)c1ccc2c(-c3ccccc3C(=O)[O-])c3ccc(=[N+](C)C)cc-3oc2c1. The molecule has 0 fully saturated rings. The normalized spacial score (nSPS) is 11.0. The highest BCUT2D eigenvalue weighted by atomic mass is 16.6. The van der Waals surface area contributed by atoms with E-state index in [1.807, 2.05) is 86.2 Å². The Bertz CT molecular complexity index is 1930. The Kier molecular flexibility index (Phi) is 25.0. The van der Waals surface area contributed by atoms with Crippen LogP contribution in [-0.4, -0.2) is 163 Å². The minimum absolute atomic E-state index is 0.000924. The summed E-state index contributed by atoms with van der Waals surface area (Å²) in [5.41, 5.74) is 4.17. The fourth-order valence-electron chi connectivity index (χ4n) is 5.69. The van der Waals surface area contributed by atoms with Gasteiger partial charge in [-0.25, -0.2) is 4.58 Å². The third-order valence-corrected chi connectivity index (χ3v) is 8.82. The molecule has 17 nitrogen and oxygen atoms in total. The number of fused-ring (bicyclic) bond motifs is 2. The number of nitrogens with one attached hydrogen (secondary N) is 1. The lowest BCUT2D eigenvalue weighted by Crippen LogP contribution is -2.25. The summed E-state index contributed by atoms with van der Waals surface area (Å²) < 4.78 is 50.9. The molecule has 342 valence electrons. The summed E-state index contributed by atoms with van der Waals surface area (Å²) in [5.74, 6) is -1.44. The molecule has 62 heavy (non-hydrogen) atoms. The lowest BCUT2D eigenvalue weighted by atomic mass is 9.90. The van der Waals surface area contributed by atoms with Gasteiger partial charge in [0, 0.05) is 67.5 Å². The predicted octanol–water partition coefficient (Wildman–Crippen LogP) is 2.40. The number of nitrogens with zero attached hydrogens (tertiary/aromatic N) is 2. The van der Waals surface area contributed by atoms with Crippen molar-refractivity contribution in [3.63, 3.8) is 0 Å². The van der Waals surface area contributed by atoms with E-state index in [0.29, 0.717) is 123 Å². The smallest absolute Gasteiger partial charge is 0.305 e. The fourth-order valence-corrected chi connectivity index (χ4v) is 5.69. The number of carbonyl (C=O) groups excluding carboxylic acids is 2. The minimum Gasteiger partial charge on any atom is -0.545 e. The van der Waals surface area contributed by atoms with Crippen LogP contribution in [0.25, 0.3) is 33.4 Å². The number of aliphatic carboxylic acids is 1. The number of rotatable bonds is 30. The quantitative estimate of drug-likeness (QED) is 0.0440.